The van der Waals surface area contributed by atoms with Gasteiger partial charge in [0.25, 0.3) is 6.17 Å². The van der Waals surface area contributed by atoms with Crippen LogP contribution in [0.3, 0.4) is 0 Å². The van der Waals surface area contributed by atoms with Crippen molar-refractivity contribution in [3.63, 3.8) is 0 Å². The molecule has 0 aliphatic rings. The first kappa shape index (κ1) is 17.5. The lowest BCUT2D eigenvalue weighted by molar-refractivity contribution is -0.288. The van der Waals surface area contributed by atoms with Gasteiger partial charge in [0.05, 0.1) is 0 Å². The molecule has 7 heteroatoms. The van der Waals surface area contributed by atoms with Crippen molar-refractivity contribution in [2.75, 3.05) is 13.1 Å². The van der Waals surface area contributed by atoms with Crippen LogP contribution in [0.25, 0.3) is 0 Å². The van der Waals surface area contributed by atoms with Crippen molar-refractivity contribution in [1.29, 1.82) is 0 Å². The van der Waals surface area contributed by atoms with Gasteiger partial charge < -0.3 is 0 Å². The van der Waals surface area contributed by atoms with E-state index in [9.17, 15) is 26.3 Å². The van der Waals surface area contributed by atoms with E-state index < -0.39 is 18.4 Å². The van der Waals surface area contributed by atoms with Gasteiger partial charge in [-0.15, -0.1) is 0 Å². The molecule has 1 nitrogen and oxygen atoms in total. The van der Waals surface area contributed by atoms with Crippen molar-refractivity contribution in [3.8, 4) is 0 Å². The number of nitrogens with zero attached hydrogens (tertiary/aromatic N) is 1. The molecule has 0 aliphatic heterocycles. The summed E-state index contributed by atoms with van der Waals surface area (Å²) in [6.07, 6.45) is -7.95. The quantitative estimate of drug-likeness (QED) is 0.470. The van der Waals surface area contributed by atoms with Crippen molar-refractivity contribution in [2.24, 2.45) is 0 Å². The summed E-state index contributed by atoms with van der Waals surface area (Å²) in [6.45, 7) is 2.99. The molecule has 0 amide bonds. The predicted octanol–water partition coefficient (Wildman–Crippen LogP) is 4.38. The highest BCUT2D eigenvalue weighted by Gasteiger charge is 2.59. The number of hydrogen-bond acceptors (Lipinski definition) is 1. The molecule has 1 atom stereocenters. The molecule has 0 bridgehead atoms. The lowest BCUT2D eigenvalue weighted by Gasteiger charge is -2.33. The van der Waals surface area contributed by atoms with E-state index >= 15 is 0 Å². The molecule has 0 saturated carbocycles. The van der Waals surface area contributed by atoms with E-state index in [4.69, 9.17) is 0 Å². The summed E-state index contributed by atoms with van der Waals surface area (Å²) < 4.78 is 76.0. The van der Waals surface area contributed by atoms with Gasteiger partial charge in [-0.1, -0.05) is 26.7 Å². The topological polar surface area (TPSA) is 3.24 Å². The Morgan fingerprint density at radius 1 is 0.889 bits per heavy atom. The Kier molecular flexibility index (Phi) is 7.02. The van der Waals surface area contributed by atoms with E-state index in [-0.39, 0.29) is 13.1 Å². The van der Waals surface area contributed by atoms with Crippen LogP contribution in [-0.2, 0) is 0 Å². The molecular formula is C11H19F6N. The van der Waals surface area contributed by atoms with Gasteiger partial charge in [-0.3, -0.25) is 0 Å². The molecule has 0 fully saturated rings. The summed E-state index contributed by atoms with van der Waals surface area (Å²) in [5, 5.41) is 0. The molecule has 0 aromatic heterocycles. The number of rotatable bonds is 8. The number of halogens is 6. The smallest absolute Gasteiger partial charge is 0.242 e. The molecule has 0 aromatic rings. The van der Waals surface area contributed by atoms with E-state index in [0.29, 0.717) is 30.6 Å². The molecule has 0 aliphatic carbocycles. The van der Waals surface area contributed by atoms with Crippen LogP contribution in [0.2, 0.25) is 0 Å². The first-order chi connectivity index (χ1) is 8.17. The number of unbranched alkanes of at least 4 members (excludes halogenated alkanes) is 2. The van der Waals surface area contributed by atoms with Crippen LogP contribution in [0.4, 0.5) is 26.3 Å². The molecule has 1 unspecified atom stereocenters. The maximum atomic E-state index is 13.5. The van der Waals surface area contributed by atoms with Gasteiger partial charge in [0, 0.05) is 13.1 Å². The van der Waals surface area contributed by atoms with Crippen LogP contribution < -0.4 is 0 Å². The van der Waals surface area contributed by atoms with E-state index in [0.717, 1.165) is 0 Å². The van der Waals surface area contributed by atoms with Gasteiger partial charge in [0.2, 0.25) is 0 Å². The molecule has 0 rings (SSSR count). The lowest BCUT2D eigenvalue weighted by Crippen LogP contribution is -2.54. The molecule has 0 radical (unpaired) electrons. The number of alkyl halides is 6. The SMILES string of the molecule is CCCCN(CCCC)C(F)(F)C(F)C(F)(F)F. The highest BCUT2D eigenvalue weighted by Crippen LogP contribution is 2.37. The minimum atomic E-state index is -5.54. The second kappa shape index (κ2) is 7.21. The summed E-state index contributed by atoms with van der Waals surface area (Å²) in [6, 6.07) is -4.50. The fourth-order valence-corrected chi connectivity index (χ4v) is 1.47. The zero-order chi connectivity index (χ0) is 14.4. The molecule has 18 heavy (non-hydrogen) atoms. The van der Waals surface area contributed by atoms with Crippen molar-refractivity contribution in [3.05, 3.63) is 0 Å². The van der Waals surface area contributed by atoms with E-state index in [1.807, 2.05) is 0 Å². The van der Waals surface area contributed by atoms with Gasteiger partial charge in [-0.2, -0.15) is 22.0 Å². The van der Waals surface area contributed by atoms with Gasteiger partial charge in [-0.25, -0.2) is 9.29 Å². The van der Waals surface area contributed by atoms with E-state index in [2.05, 4.69) is 0 Å². The largest absolute Gasteiger partial charge is 0.427 e. The maximum absolute atomic E-state index is 13.5. The van der Waals surface area contributed by atoms with Crippen molar-refractivity contribution in [2.45, 2.75) is 57.9 Å². The fraction of sp³-hybridized carbons (Fsp3) is 1.00. The fourth-order valence-electron chi connectivity index (χ4n) is 1.47. The summed E-state index contributed by atoms with van der Waals surface area (Å²) in [5.74, 6) is 0. The molecule has 0 heterocycles. The first-order valence-electron chi connectivity index (χ1n) is 6.01. The number of hydrogen-bond donors (Lipinski definition) is 0. The predicted molar refractivity (Wildman–Crippen MR) is 57.3 cm³/mol. The Labute approximate surface area is 103 Å². The second-order valence-electron chi connectivity index (χ2n) is 4.19. The normalized spacial score (nSPS) is 15.2. The molecule has 0 aromatic carbocycles. The summed E-state index contributed by atoms with van der Waals surface area (Å²) in [5.41, 5.74) is 0. The third-order valence-corrected chi connectivity index (χ3v) is 2.58. The van der Waals surface area contributed by atoms with Crippen LogP contribution in [0.5, 0.6) is 0 Å². The Morgan fingerprint density at radius 2 is 1.28 bits per heavy atom. The highest BCUT2D eigenvalue weighted by molar-refractivity contribution is 4.83. The molecule has 0 saturated heterocycles. The monoisotopic (exact) mass is 279 g/mol. The van der Waals surface area contributed by atoms with Gasteiger partial charge >= 0.3 is 12.2 Å². The maximum Gasteiger partial charge on any atom is 0.427 e. The third kappa shape index (κ3) is 5.04. The summed E-state index contributed by atoms with van der Waals surface area (Å²) in [7, 11) is 0. The Bertz CT molecular complexity index is 220. The minimum Gasteiger partial charge on any atom is -0.242 e. The zero-order valence-corrected chi connectivity index (χ0v) is 10.5. The van der Waals surface area contributed by atoms with E-state index in [1.165, 1.54) is 0 Å². The van der Waals surface area contributed by atoms with Crippen LogP contribution >= 0.6 is 0 Å². The minimum absolute atomic E-state index is 0.236. The highest BCUT2D eigenvalue weighted by atomic mass is 19.4. The Hall–Kier alpha value is -0.460. The first-order valence-corrected chi connectivity index (χ1v) is 6.01. The van der Waals surface area contributed by atoms with Gasteiger partial charge in [0.15, 0.2) is 0 Å². The molecular weight excluding hydrogens is 260 g/mol. The van der Waals surface area contributed by atoms with Crippen molar-refractivity contribution >= 4 is 0 Å². The van der Waals surface area contributed by atoms with Crippen molar-refractivity contribution < 1.29 is 26.3 Å². The Morgan fingerprint density at radius 3 is 1.56 bits per heavy atom. The standard InChI is InChI=1S/C11H19F6N/c1-3-5-7-18(8-6-4-2)11(16,17)9(12)10(13,14)15/h9H,3-8H2,1-2H3. The molecule has 0 spiro atoms. The zero-order valence-electron chi connectivity index (χ0n) is 10.5. The van der Waals surface area contributed by atoms with E-state index in [1.54, 1.807) is 13.8 Å². The van der Waals surface area contributed by atoms with Gasteiger partial charge in [0.1, 0.15) is 0 Å². The Balaban J connectivity index is 4.81. The second-order valence-corrected chi connectivity index (χ2v) is 4.19. The van der Waals surface area contributed by atoms with Gasteiger partial charge in [-0.05, 0) is 12.8 Å². The lowest BCUT2D eigenvalue weighted by atomic mass is 10.2. The average molecular weight is 279 g/mol. The van der Waals surface area contributed by atoms with Crippen molar-refractivity contribution in [1.82, 2.24) is 4.90 Å². The summed E-state index contributed by atoms with van der Waals surface area (Å²) in [4.78, 5) is 0.304. The van der Waals surface area contributed by atoms with Crippen LogP contribution in [0.15, 0.2) is 0 Å². The van der Waals surface area contributed by atoms with Crippen LogP contribution in [-0.4, -0.2) is 36.4 Å². The average Bonchev–Trinajstić information content (AvgIpc) is 2.26. The summed E-state index contributed by atoms with van der Waals surface area (Å²) >= 11 is 0. The van der Waals surface area contributed by atoms with Crippen LogP contribution in [0, 0.1) is 0 Å². The molecule has 0 N–H and O–H groups in total. The molecule has 110 valence electrons. The van der Waals surface area contributed by atoms with Crippen LogP contribution in [0.1, 0.15) is 39.5 Å². The third-order valence-electron chi connectivity index (χ3n) is 2.58.